The zero-order chi connectivity index (χ0) is 23.5. The van der Waals surface area contributed by atoms with Crippen LogP contribution in [-0.4, -0.2) is 56.9 Å². The molecular weight excluding hydrogens is 405 g/mol. The third-order valence-electron chi connectivity index (χ3n) is 6.20. The summed E-state index contributed by atoms with van der Waals surface area (Å²) in [6.45, 7) is 16.6. The van der Waals surface area contributed by atoms with Crippen molar-refractivity contribution in [1.82, 2.24) is 4.98 Å². The van der Waals surface area contributed by atoms with Crippen molar-refractivity contribution >= 4 is 30.4 Å². The van der Waals surface area contributed by atoms with Crippen LogP contribution in [0.1, 0.15) is 49.3 Å². The number of aromatic nitrogens is 1. The van der Waals surface area contributed by atoms with E-state index in [0.29, 0.717) is 36.6 Å². The first-order chi connectivity index (χ1) is 15.1. The summed E-state index contributed by atoms with van der Waals surface area (Å²) >= 11 is 0. The van der Waals surface area contributed by atoms with Gasteiger partial charge in [0.1, 0.15) is 12.1 Å². The van der Waals surface area contributed by atoms with Crippen LogP contribution in [0.25, 0.3) is 4.85 Å². The first-order valence-electron chi connectivity index (χ1n) is 10.6. The highest BCUT2D eigenvalue weighted by Crippen LogP contribution is 2.36. The second kappa shape index (κ2) is 9.41. The van der Waals surface area contributed by atoms with Crippen molar-refractivity contribution in [3.8, 4) is 0 Å². The molecule has 2 heterocycles. The summed E-state index contributed by atoms with van der Waals surface area (Å²) in [5.74, 6) is 0.624. The Morgan fingerprint density at radius 2 is 1.88 bits per heavy atom. The van der Waals surface area contributed by atoms with Crippen LogP contribution in [0.15, 0.2) is 30.3 Å². The van der Waals surface area contributed by atoms with Crippen LogP contribution in [0.3, 0.4) is 0 Å². The van der Waals surface area contributed by atoms with Gasteiger partial charge in [0, 0.05) is 38.4 Å². The quantitative estimate of drug-likeness (QED) is 0.360. The maximum Gasteiger partial charge on any atom is 0.495 e. The second-order valence-corrected chi connectivity index (χ2v) is 9.02. The lowest BCUT2D eigenvalue weighted by molar-refractivity contribution is 0.00578. The topological polar surface area (TPSA) is 65.2 Å². The van der Waals surface area contributed by atoms with Gasteiger partial charge in [-0.2, -0.15) is 0 Å². The van der Waals surface area contributed by atoms with Gasteiger partial charge in [-0.3, -0.25) is 4.79 Å². The smallest absolute Gasteiger partial charge is 0.399 e. The van der Waals surface area contributed by atoms with E-state index in [9.17, 15) is 4.79 Å². The van der Waals surface area contributed by atoms with Gasteiger partial charge >= 0.3 is 7.12 Å². The third-order valence-corrected chi connectivity index (χ3v) is 6.20. The number of methoxy groups -OCH3 is 1. The van der Waals surface area contributed by atoms with Gasteiger partial charge in [-0.05, 0) is 44.8 Å². The largest absolute Gasteiger partial charge is 0.495 e. The molecule has 0 amide bonds. The molecule has 168 valence electrons. The second-order valence-electron chi connectivity index (χ2n) is 9.02. The van der Waals surface area contributed by atoms with Crippen molar-refractivity contribution in [3.63, 3.8) is 0 Å². The zero-order valence-electron chi connectivity index (χ0n) is 19.6. The van der Waals surface area contributed by atoms with E-state index in [0.717, 1.165) is 23.0 Å². The number of carbonyl (C=O) groups excluding carboxylic acids is 1. The molecule has 0 aliphatic carbocycles. The van der Waals surface area contributed by atoms with Crippen LogP contribution in [-0.2, 0) is 20.5 Å². The Bertz CT molecular complexity index is 1020. The Morgan fingerprint density at radius 3 is 2.47 bits per heavy atom. The molecule has 1 saturated heterocycles. The minimum absolute atomic E-state index is 0.476. The monoisotopic (exact) mass is 435 g/mol. The molecule has 7 nitrogen and oxygen atoms in total. The molecule has 1 fully saturated rings. The van der Waals surface area contributed by atoms with E-state index >= 15 is 0 Å². The van der Waals surface area contributed by atoms with Crippen molar-refractivity contribution in [3.05, 3.63) is 58.6 Å². The summed E-state index contributed by atoms with van der Waals surface area (Å²) in [5, 5.41) is 0. The lowest BCUT2D eigenvalue weighted by atomic mass is 9.75. The average Bonchev–Trinajstić information content (AvgIpc) is 2.98. The molecule has 0 radical (unpaired) electrons. The molecule has 2 aromatic rings. The molecule has 8 heteroatoms. The summed E-state index contributed by atoms with van der Waals surface area (Å²) in [6, 6.07) is 9.34. The van der Waals surface area contributed by atoms with Crippen molar-refractivity contribution in [2.45, 2.75) is 45.3 Å². The van der Waals surface area contributed by atoms with E-state index < -0.39 is 18.3 Å². The van der Waals surface area contributed by atoms with Crippen LogP contribution in [0.5, 0.6) is 0 Å². The number of nitrogens with zero attached hydrogens (tertiary/aromatic N) is 3. The number of benzene rings is 1. The SMILES string of the molecule is [C-]#[N+]c1ccc(Cc2ccc(B3OC(C)(C)C(C)(C)O3)c(C=O)c2)nc1N(C)CCOC. The Kier molecular flexibility index (Phi) is 7.04. The molecule has 3 rings (SSSR count). The summed E-state index contributed by atoms with van der Waals surface area (Å²) in [7, 11) is 2.95. The number of hydrogen-bond acceptors (Lipinski definition) is 6. The number of pyridine rings is 1. The Hall–Kier alpha value is -2.73. The molecule has 0 unspecified atom stereocenters. The molecular formula is C24H30BN3O4. The van der Waals surface area contributed by atoms with Gasteiger partial charge in [0.15, 0.2) is 0 Å². The molecule has 1 aromatic heterocycles. The van der Waals surface area contributed by atoms with Crippen molar-refractivity contribution in [2.75, 3.05) is 32.2 Å². The predicted molar refractivity (Wildman–Crippen MR) is 126 cm³/mol. The summed E-state index contributed by atoms with van der Waals surface area (Å²) in [6.07, 6.45) is 1.37. The molecule has 1 aliphatic heterocycles. The van der Waals surface area contributed by atoms with Crippen molar-refractivity contribution in [1.29, 1.82) is 0 Å². The number of hydrogen-bond donors (Lipinski definition) is 0. The lowest BCUT2D eigenvalue weighted by Gasteiger charge is -2.32. The lowest BCUT2D eigenvalue weighted by Crippen LogP contribution is -2.41. The van der Waals surface area contributed by atoms with Gasteiger partial charge in [0.05, 0.1) is 24.4 Å². The molecule has 0 N–H and O–H groups in total. The Labute approximate surface area is 190 Å². The van der Waals surface area contributed by atoms with Gasteiger partial charge in [-0.25, -0.2) is 9.83 Å². The first kappa shape index (κ1) is 23.9. The maximum absolute atomic E-state index is 11.9. The predicted octanol–water partition coefficient (Wildman–Crippen LogP) is 3.42. The normalized spacial score (nSPS) is 16.6. The number of likely N-dealkylation sites (N-methyl/N-ethyl adjacent to an activating group) is 1. The first-order valence-corrected chi connectivity index (χ1v) is 10.6. The maximum atomic E-state index is 11.9. The van der Waals surface area contributed by atoms with Gasteiger partial charge in [0.2, 0.25) is 5.69 Å². The highest BCUT2D eigenvalue weighted by atomic mass is 16.7. The zero-order valence-corrected chi connectivity index (χ0v) is 19.6. The molecule has 0 bridgehead atoms. The molecule has 0 saturated carbocycles. The van der Waals surface area contributed by atoms with Crippen LogP contribution >= 0.6 is 0 Å². The summed E-state index contributed by atoms with van der Waals surface area (Å²) in [4.78, 5) is 22.1. The molecule has 0 spiro atoms. The number of aldehydes is 1. The van der Waals surface area contributed by atoms with E-state index in [4.69, 9.17) is 25.6 Å². The van der Waals surface area contributed by atoms with Crippen molar-refractivity contribution in [2.24, 2.45) is 0 Å². The molecule has 0 atom stereocenters. The molecule has 32 heavy (non-hydrogen) atoms. The highest BCUT2D eigenvalue weighted by molar-refractivity contribution is 6.63. The number of rotatable bonds is 8. The fourth-order valence-electron chi connectivity index (χ4n) is 3.51. The van der Waals surface area contributed by atoms with E-state index in [1.807, 2.05) is 63.9 Å². The van der Waals surface area contributed by atoms with Gasteiger partial charge < -0.3 is 18.9 Å². The van der Waals surface area contributed by atoms with Gasteiger partial charge in [-0.1, -0.05) is 24.3 Å². The number of anilines is 1. The van der Waals surface area contributed by atoms with Gasteiger partial charge in [0.25, 0.3) is 0 Å². The number of carbonyl (C=O) groups is 1. The van der Waals surface area contributed by atoms with Crippen molar-refractivity contribution < 1.29 is 18.8 Å². The highest BCUT2D eigenvalue weighted by Gasteiger charge is 2.52. The van der Waals surface area contributed by atoms with Gasteiger partial charge in [-0.15, -0.1) is 0 Å². The third kappa shape index (κ3) is 4.86. The van der Waals surface area contributed by atoms with Crippen LogP contribution in [0.2, 0.25) is 0 Å². The van der Waals surface area contributed by atoms with E-state index in [2.05, 4.69) is 4.85 Å². The number of ether oxygens (including phenoxy) is 1. The van der Waals surface area contributed by atoms with Crippen LogP contribution in [0, 0.1) is 6.57 Å². The molecule has 1 aromatic carbocycles. The standard InChI is InChI=1S/C24H30BN3O4/c1-23(2)24(3,4)32-25(31-23)20-10-8-17(14-18(20)16-29)15-19-9-11-21(26-5)22(27-19)28(6)12-13-30-7/h8-11,14,16H,12-13,15H2,1-4,6-7H3. The van der Waals surface area contributed by atoms with Crippen LogP contribution in [0.4, 0.5) is 11.5 Å². The molecule has 1 aliphatic rings. The minimum Gasteiger partial charge on any atom is -0.399 e. The summed E-state index contributed by atoms with van der Waals surface area (Å²) in [5.41, 5.74) is 2.57. The average molecular weight is 435 g/mol. The fourth-order valence-corrected chi connectivity index (χ4v) is 3.51. The van der Waals surface area contributed by atoms with E-state index in [-0.39, 0.29) is 0 Å². The Balaban J connectivity index is 1.85. The Morgan fingerprint density at radius 1 is 1.19 bits per heavy atom. The summed E-state index contributed by atoms with van der Waals surface area (Å²) < 4.78 is 17.4. The van der Waals surface area contributed by atoms with E-state index in [1.165, 1.54) is 0 Å². The minimum atomic E-state index is -0.591. The van der Waals surface area contributed by atoms with E-state index in [1.54, 1.807) is 13.2 Å². The van der Waals surface area contributed by atoms with Crippen LogP contribution < -0.4 is 10.4 Å². The fraction of sp³-hybridized carbons (Fsp3) is 0.458.